The molecule has 128 valence electrons. The highest BCUT2D eigenvalue weighted by Crippen LogP contribution is 2.23. The van der Waals surface area contributed by atoms with Gasteiger partial charge >= 0.3 is 5.97 Å². The number of amides is 1. The third-order valence-electron chi connectivity index (χ3n) is 3.92. The van der Waals surface area contributed by atoms with Gasteiger partial charge in [-0.25, -0.2) is 4.98 Å². The van der Waals surface area contributed by atoms with Crippen LogP contribution in [0.4, 0.5) is 0 Å². The zero-order valence-corrected chi connectivity index (χ0v) is 15.0. The Balaban J connectivity index is 2.23. The second-order valence-electron chi connectivity index (χ2n) is 5.77. The van der Waals surface area contributed by atoms with Gasteiger partial charge in [0.15, 0.2) is 0 Å². The summed E-state index contributed by atoms with van der Waals surface area (Å²) in [5.74, 6) is -1.25. The van der Waals surface area contributed by atoms with E-state index in [0.29, 0.717) is 23.4 Å². The molecule has 6 heteroatoms. The standard InChI is InChI=1S/C18H22N2O3S/c1-4-12(2)20(11-16(21)22)18(23)17-13(3)19-15(24-17)10-14-8-6-5-7-9-14/h5-9,12H,4,10-11H2,1-3H3,(H,21,22). The largest absolute Gasteiger partial charge is 0.480 e. The van der Waals surface area contributed by atoms with Crippen molar-refractivity contribution in [2.24, 2.45) is 0 Å². The molecule has 24 heavy (non-hydrogen) atoms. The zero-order chi connectivity index (χ0) is 17.7. The summed E-state index contributed by atoms with van der Waals surface area (Å²) in [5, 5.41) is 9.95. The van der Waals surface area contributed by atoms with Gasteiger partial charge in [0, 0.05) is 12.5 Å². The molecule has 0 saturated carbocycles. The van der Waals surface area contributed by atoms with Crippen LogP contribution in [0.15, 0.2) is 30.3 Å². The van der Waals surface area contributed by atoms with E-state index in [1.165, 1.54) is 16.2 Å². The van der Waals surface area contributed by atoms with E-state index >= 15 is 0 Å². The van der Waals surface area contributed by atoms with Crippen LogP contribution in [0.5, 0.6) is 0 Å². The minimum atomic E-state index is -1.00. The lowest BCUT2D eigenvalue weighted by molar-refractivity contribution is -0.138. The summed E-state index contributed by atoms with van der Waals surface area (Å²) in [7, 11) is 0. The number of carboxylic acid groups (broad SMARTS) is 1. The Morgan fingerprint density at radius 1 is 1.29 bits per heavy atom. The van der Waals surface area contributed by atoms with Crippen molar-refractivity contribution in [1.82, 2.24) is 9.88 Å². The zero-order valence-electron chi connectivity index (χ0n) is 14.2. The van der Waals surface area contributed by atoms with E-state index in [2.05, 4.69) is 4.98 Å². The van der Waals surface area contributed by atoms with Crippen LogP contribution in [0.1, 0.15) is 46.2 Å². The molecule has 2 rings (SSSR count). The number of thiazole rings is 1. The number of carbonyl (C=O) groups excluding carboxylic acids is 1. The van der Waals surface area contributed by atoms with Crippen LogP contribution in [0.2, 0.25) is 0 Å². The highest BCUT2D eigenvalue weighted by atomic mass is 32.1. The molecule has 0 radical (unpaired) electrons. The topological polar surface area (TPSA) is 70.5 Å². The second-order valence-corrected chi connectivity index (χ2v) is 6.85. The number of aliphatic carboxylic acids is 1. The SMILES string of the molecule is CCC(C)N(CC(=O)O)C(=O)c1sc(Cc2ccccc2)nc1C. The monoisotopic (exact) mass is 346 g/mol. The number of carboxylic acids is 1. The maximum Gasteiger partial charge on any atom is 0.323 e. The highest BCUT2D eigenvalue weighted by Gasteiger charge is 2.26. The predicted octanol–water partition coefficient (Wildman–Crippen LogP) is 3.37. The molecule has 0 bridgehead atoms. The molecule has 0 fully saturated rings. The van der Waals surface area contributed by atoms with Crippen LogP contribution in [0.25, 0.3) is 0 Å². The fourth-order valence-corrected chi connectivity index (χ4v) is 3.48. The number of aromatic nitrogens is 1. The Morgan fingerprint density at radius 2 is 1.96 bits per heavy atom. The van der Waals surface area contributed by atoms with Gasteiger partial charge in [-0.15, -0.1) is 11.3 Å². The number of nitrogens with zero attached hydrogens (tertiary/aromatic N) is 2. The van der Waals surface area contributed by atoms with Gasteiger partial charge in [-0.05, 0) is 25.8 Å². The minimum Gasteiger partial charge on any atom is -0.480 e. The fourth-order valence-electron chi connectivity index (χ4n) is 2.42. The molecular weight excluding hydrogens is 324 g/mol. The van der Waals surface area contributed by atoms with E-state index in [1.807, 2.05) is 44.2 Å². The van der Waals surface area contributed by atoms with Crippen LogP contribution in [0, 0.1) is 6.92 Å². The third kappa shape index (κ3) is 4.41. The van der Waals surface area contributed by atoms with Crippen molar-refractivity contribution in [3.05, 3.63) is 51.5 Å². The fraction of sp³-hybridized carbons (Fsp3) is 0.389. The van der Waals surface area contributed by atoms with Crippen molar-refractivity contribution in [2.75, 3.05) is 6.54 Å². The van der Waals surface area contributed by atoms with Crippen molar-refractivity contribution < 1.29 is 14.7 Å². The summed E-state index contributed by atoms with van der Waals surface area (Å²) < 4.78 is 0. The number of benzene rings is 1. The smallest absolute Gasteiger partial charge is 0.323 e. The van der Waals surface area contributed by atoms with Gasteiger partial charge in [-0.2, -0.15) is 0 Å². The summed E-state index contributed by atoms with van der Waals surface area (Å²) in [5.41, 5.74) is 1.80. The summed E-state index contributed by atoms with van der Waals surface area (Å²) in [4.78, 5) is 30.3. The average Bonchev–Trinajstić information content (AvgIpc) is 2.92. The number of aryl methyl sites for hydroxylation is 1. The van der Waals surface area contributed by atoms with Crippen molar-refractivity contribution in [2.45, 2.75) is 39.7 Å². The molecule has 0 saturated heterocycles. The average molecular weight is 346 g/mol. The van der Waals surface area contributed by atoms with Crippen LogP contribution in [-0.4, -0.2) is 39.5 Å². The van der Waals surface area contributed by atoms with Gasteiger partial charge in [0.25, 0.3) is 5.91 Å². The Hall–Kier alpha value is -2.21. The van der Waals surface area contributed by atoms with Crippen LogP contribution >= 0.6 is 11.3 Å². The van der Waals surface area contributed by atoms with E-state index < -0.39 is 5.97 Å². The molecule has 1 amide bonds. The minimum absolute atomic E-state index is 0.132. The molecule has 0 aliphatic carbocycles. The second kappa shape index (κ2) is 8.06. The van der Waals surface area contributed by atoms with Crippen LogP contribution in [0.3, 0.4) is 0 Å². The normalized spacial score (nSPS) is 12.0. The number of hydrogen-bond donors (Lipinski definition) is 1. The summed E-state index contributed by atoms with van der Waals surface area (Å²) in [6.45, 7) is 5.31. The number of hydrogen-bond acceptors (Lipinski definition) is 4. The first-order valence-electron chi connectivity index (χ1n) is 7.95. The lowest BCUT2D eigenvalue weighted by Gasteiger charge is -2.26. The Labute approximate surface area is 146 Å². The van der Waals surface area contributed by atoms with E-state index in [9.17, 15) is 9.59 Å². The predicted molar refractivity (Wildman–Crippen MR) is 94.5 cm³/mol. The molecule has 5 nitrogen and oxygen atoms in total. The first kappa shape index (κ1) is 18.1. The molecule has 1 heterocycles. The van der Waals surface area contributed by atoms with Gasteiger partial charge in [0.2, 0.25) is 0 Å². The summed E-state index contributed by atoms with van der Waals surface area (Å²) >= 11 is 1.35. The van der Waals surface area contributed by atoms with E-state index in [4.69, 9.17) is 5.11 Å². The Bertz CT molecular complexity index is 712. The van der Waals surface area contributed by atoms with Crippen molar-refractivity contribution in [3.63, 3.8) is 0 Å². The lowest BCUT2D eigenvalue weighted by atomic mass is 10.2. The van der Waals surface area contributed by atoms with Gasteiger partial charge in [0.1, 0.15) is 11.4 Å². The Kier molecular flexibility index (Phi) is 6.09. The van der Waals surface area contributed by atoms with Gasteiger partial charge in [-0.3, -0.25) is 9.59 Å². The lowest BCUT2D eigenvalue weighted by Crippen LogP contribution is -2.41. The van der Waals surface area contributed by atoms with Gasteiger partial charge in [0.05, 0.1) is 10.7 Å². The molecule has 1 unspecified atom stereocenters. The quantitative estimate of drug-likeness (QED) is 0.834. The first-order chi connectivity index (χ1) is 11.4. The third-order valence-corrected chi connectivity index (χ3v) is 5.07. The van der Waals surface area contributed by atoms with Crippen LogP contribution < -0.4 is 0 Å². The molecular formula is C18H22N2O3S. The maximum absolute atomic E-state index is 12.8. The number of rotatable bonds is 7. The van der Waals surface area contributed by atoms with Crippen molar-refractivity contribution in [3.8, 4) is 0 Å². The van der Waals surface area contributed by atoms with E-state index in [-0.39, 0.29) is 18.5 Å². The maximum atomic E-state index is 12.8. The summed E-state index contributed by atoms with van der Waals surface area (Å²) in [6, 6.07) is 9.82. The molecule has 0 aliphatic rings. The molecule has 1 N–H and O–H groups in total. The van der Waals surface area contributed by atoms with Crippen molar-refractivity contribution >= 4 is 23.2 Å². The van der Waals surface area contributed by atoms with Crippen molar-refractivity contribution in [1.29, 1.82) is 0 Å². The Morgan fingerprint density at radius 3 is 2.54 bits per heavy atom. The van der Waals surface area contributed by atoms with Crippen LogP contribution in [-0.2, 0) is 11.2 Å². The molecule has 0 aliphatic heterocycles. The molecule has 1 atom stereocenters. The molecule has 0 spiro atoms. The number of carbonyl (C=O) groups is 2. The molecule has 1 aromatic carbocycles. The molecule has 2 aromatic rings. The highest BCUT2D eigenvalue weighted by molar-refractivity contribution is 7.13. The van der Waals surface area contributed by atoms with E-state index in [1.54, 1.807) is 6.92 Å². The van der Waals surface area contributed by atoms with Gasteiger partial charge < -0.3 is 10.0 Å². The van der Waals surface area contributed by atoms with E-state index in [0.717, 1.165) is 10.6 Å². The summed E-state index contributed by atoms with van der Waals surface area (Å²) in [6.07, 6.45) is 1.37. The molecule has 1 aromatic heterocycles. The first-order valence-corrected chi connectivity index (χ1v) is 8.77. The van der Waals surface area contributed by atoms with Gasteiger partial charge in [-0.1, -0.05) is 37.3 Å².